The number of methoxy groups -OCH3 is 1. The number of rotatable bonds is 6. The van der Waals surface area contributed by atoms with Crippen molar-refractivity contribution >= 4 is 17.8 Å². The molecule has 1 aromatic carbocycles. The van der Waals surface area contributed by atoms with Gasteiger partial charge < -0.3 is 19.6 Å². The van der Waals surface area contributed by atoms with E-state index in [1.165, 1.54) is 4.90 Å². The minimum Gasteiger partial charge on any atom is -0.496 e. The average molecular weight is 362 g/mol. The number of aryl methyl sites for hydroxylation is 1. The van der Waals surface area contributed by atoms with Crippen LogP contribution in [0.4, 0.5) is 0 Å². The zero-order valence-electron chi connectivity index (χ0n) is 15.5. The molecule has 0 radical (unpaired) electrons. The molecule has 1 heterocycles. The van der Waals surface area contributed by atoms with Crippen LogP contribution in [0.1, 0.15) is 24.0 Å². The molecule has 0 saturated carbocycles. The Balaban J connectivity index is 1.87. The number of likely N-dealkylation sites (tertiary alicyclic amines) is 1. The monoisotopic (exact) mass is 362 g/mol. The van der Waals surface area contributed by atoms with E-state index < -0.39 is 5.97 Å². The van der Waals surface area contributed by atoms with Gasteiger partial charge in [0, 0.05) is 20.1 Å². The van der Waals surface area contributed by atoms with Gasteiger partial charge in [0.05, 0.1) is 26.0 Å². The first-order valence-corrected chi connectivity index (χ1v) is 8.70. The highest BCUT2D eigenvalue weighted by atomic mass is 16.5. The molecule has 1 N–H and O–H groups in total. The van der Waals surface area contributed by atoms with E-state index in [0.717, 1.165) is 16.9 Å². The molecule has 7 heteroatoms. The summed E-state index contributed by atoms with van der Waals surface area (Å²) >= 11 is 0. The van der Waals surface area contributed by atoms with Gasteiger partial charge in [0.2, 0.25) is 11.8 Å². The summed E-state index contributed by atoms with van der Waals surface area (Å²) in [6.07, 6.45) is 1.12. The van der Waals surface area contributed by atoms with Gasteiger partial charge in [-0.15, -0.1) is 0 Å². The van der Waals surface area contributed by atoms with Crippen LogP contribution in [-0.2, 0) is 20.8 Å². The molecule has 1 fully saturated rings. The molecule has 0 spiro atoms. The van der Waals surface area contributed by atoms with Crippen molar-refractivity contribution in [1.29, 1.82) is 0 Å². The van der Waals surface area contributed by atoms with Gasteiger partial charge in [0.25, 0.3) is 0 Å². The van der Waals surface area contributed by atoms with Crippen LogP contribution in [0.5, 0.6) is 5.75 Å². The lowest BCUT2D eigenvalue weighted by molar-refractivity contribution is -0.146. The van der Waals surface area contributed by atoms with E-state index in [1.807, 2.05) is 25.1 Å². The summed E-state index contributed by atoms with van der Waals surface area (Å²) in [5, 5.41) is 9.01. The van der Waals surface area contributed by atoms with E-state index >= 15 is 0 Å². The zero-order valence-corrected chi connectivity index (χ0v) is 15.5. The molecule has 26 heavy (non-hydrogen) atoms. The second-order valence-corrected chi connectivity index (χ2v) is 6.72. The number of likely N-dealkylation sites (N-methyl/N-ethyl adjacent to an activating group) is 1. The molecule has 142 valence electrons. The van der Waals surface area contributed by atoms with Crippen LogP contribution >= 0.6 is 0 Å². The maximum Gasteiger partial charge on any atom is 0.306 e. The minimum atomic E-state index is -0.807. The number of carboxylic acids is 1. The summed E-state index contributed by atoms with van der Waals surface area (Å²) < 4.78 is 5.27. The standard InChI is InChI=1S/C19H26N2O5/c1-13-4-5-14(10-16(13)26-3)11-17(22)20(2)12-18(23)21-8-6-15(7-9-21)19(24)25/h4-5,10,15H,6-9,11-12H2,1-3H3,(H,24,25). The highest BCUT2D eigenvalue weighted by molar-refractivity contribution is 5.86. The number of nitrogens with zero attached hydrogens (tertiary/aromatic N) is 2. The molecule has 1 aromatic rings. The first-order valence-electron chi connectivity index (χ1n) is 8.70. The number of hydrogen-bond donors (Lipinski definition) is 1. The van der Waals surface area contributed by atoms with Crippen LogP contribution in [0.25, 0.3) is 0 Å². The molecular weight excluding hydrogens is 336 g/mol. The molecule has 2 rings (SSSR count). The quantitative estimate of drug-likeness (QED) is 0.825. The summed E-state index contributed by atoms with van der Waals surface area (Å²) in [6, 6.07) is 5.61. The lowest BCUT2D eigenvalue weighted by Crippen LogP contribution is -2.45. The molecule has 0 bridgehead atoms. The van der Waals surface area contributed by atoms with E-state index in [9.17, 15) is 14.4 Å². The predicted molar refractivity (Wildman–Crippen MR) is 96.0 cm³/mol. The Morgan fingerprint density at radius 3 is 2.50 bits per heavy atom. The molecule has 0 unspecified atom stereocenters. The highest BCUT2D eigenvalue weighted by Gasteiger charge is 2.27. The van der Waals surface area contributed by atoms with E-state index in [4.69, 9.17) is 9.84 Å². The Bertz CT molecular complexity index is 681. The largest absolute Gasteiger partial charge is 0.496 e. The smallest absolute Gasteiger partial charge is 0.306 e. The third kappa shape index (κ3) is 4.97. The van der Waals surface area contributed by atoms with Crippen LogP contribution < -0.4 is 4.74 Å². The van der Waals surface area contributed by atoms with Crippen LogP contribution in [0.3, 0.4) is 0 Å². The van der Waals surface area contributed by atoms with Gasteiger partial charge >= 0.3 is 5.97 Å². The van der Waals surface area contributed by atoms with E-state index in [2.05, 4.69) is 0 Å². The van der Waals surface area contributed by atoms with Crippen molar-refractivity contribution in [3.05, 3.63) is 29.3 Å². The second-order valence-electron chi connectivity index (χ2n) is 6.72. The van der Waals surface area contributed by atoms with Crippen molar-refractivity contribution in [2.75, 3.05) is 33.8 Å². The third-order valence-corrected chi connectivity index (χ3v) is 4.82. The highest BCUT2D eigenvalue weighted by Crippen LogP contribution is 2.20. The van der Waals surface area contributed by atoms with Crippen molar-refractivity contribution < 1.29 is 24.2 Å². The van der Waals surface area contributed by atoms with Crippen molar-refractivity contribution in [2.45, 2.75) is 26.2 Å². The fraction of sp³-hybridized carbons (Fsp3) is 0.526. The number of hydrogen-bond acceptors (Lipinski definition) is 4. The van der Waals surface area contributed by atoms with Gasteiger partial charge in [-0.1, -0.05) is 12.1 Å². The lowest BCUT2D eigenvalue weighted by atomic mass is 9.97. The number of benzene rings is 1. The summed E-state index contributed by atoms with van der Waals surface area (Å²) in [7, 11) is 3.20. The molecule has 1 aliphatic heterocycles. The van der Waals surface area contributed by atoms with E-state index in [-0.39, 0.29) is 30.7 Å². The summed E-state index contributed by atoms with van der Waals surface area (Å²) in [5.74, 6) is -0.751. The molecule has 0 aromatic heterocycles. The van der Waals surface area contributed by atoms with E-state index in [0.29, 0.717) is 25.9 Å². The molecule has 1 saturated heterocycles. The summed E-state index contributed by atoms with van der Waals surface area (Å²) in [4.78, 5) is 38.8. The first-order chi connectivity index (χ1) is 12.3. The Hall–Kier alpha value is -2.57. The summed E-state index contributed by atoms with van der Waals surface area (Å²) in [6.45, 7) is 2.78. The molecule has 2 amide bonds. The number of carbonyl (C=O) groups is 3. The number of amides is 2. The second kappa shape index (κ2) is 8.69. The Morgan fingerprint density at radius 1 is 1.27 bits per heavy atom. The predicted octanol–water partition coefficient (Wildman–Crippen LogP) is 1.33. The minimum absolute atomic E-state index is 0.000429. The Labute approximate surface area is 153 Å². The Morgan fingerprint density at radius 2 is 1.92 bits per heavy atom. The van der Waals surface area contributed by atoms with Crippen molar-refractivity contribution in [2.24, 2.45) is 5.92 Å². The van der Waals surface area contributed by atoms with Gasteiger partial charge in [-0.25, -0.2) is 0 Å². The molecule has 0 aliphatic carbocycles. The number of piperidine rings is 1. The van der Waals surface area contributed by atoms with Crippen LogP contribution in [-0.4, -0.2) is 66.5 Å². The van der Waals surface area contributed by atoms with Gasteiger partial charge in [0.1, 0.15) is 5.75 Å². The van der Waals surface area contributed by atoms with Crippen LogP contribution in [0.2, 0.25) is 0 Å². The summed E-state index contributed by atoms with van der Waals surface area (Å²) in [5.41, 5.74) is 1.83. The zero-order chi connectivity index (χ0) is 19.3. The Kier molecular flexibility index (Phi) is 6.60. The topological polar surface area (TPSA) is 87.2 Å². The number of carboxylic acid groups (broad SMARTS) is 1. The van der Waals surface area contributed by atoms with Crippen molar-refractivity contribution in [1.82, 2.24) is 9.80 Å². The number of ether oxygens (including phenoxy) is 1. The molecule has 0 atom stereocenters. The lowest BCUT2D eigenvalue weighted by Gasteiger charge is -2.31. The normalized spacial score (nSPS) is 14.8. The fourth-order valence-corrected chi connectivity index (χ4v) is 3.05. The van der Waals surface area contributed by atoms with Crippen LogP contribution in [0.15, 0.2) is 18.2 Å². The molecule has 7 nitrogen and oxygen atoms in total. The number of aliphatic carboxylic acids is 1. The van der Waals surface area contributed by atoms with Gasteiger partial charge in [-0.05, 0) is 37.0 Å². The maximum atomic E-state index is 12.4. The average Bonchev–Trinajstić information content (AvgIpc) is 2.63. The SMILES string of the molecule is COc1cc(CC(=O)N(C)CC(=O)N2CCC(C(=O)O)CC2)ccc1C. The van der Waals surface area contributed by atoms with Crippen LogP contribution in [0, 0.1) is 12.8 Å². The fourth-order valence-electron chi connectivity index (χ4n) is 3.05. The first kappa shape index (κ1) is 19.8. The van der Waals surface area contributed by atoms with Gasteiger partial charge in [0.15, 0.2) is 0 Å². The van der Waals surface area contributed by atoms with Gasteiger partial charge in [-0.3, -0.25) is 14.4 Å². The number of carbonyl (C=O) groups excluding carboxylic acids is 2. The van der Waals surface area contributed by atoms with Gasteiger partial charge in [-0.2, -0.15) is 0 Å². The van der Waals surface area contributed by atoms with E-state index in [1.54, 1.807) is 19.1 Å². The van der Waals surface area contributed by atoms with Crippen molar-refractivity contribution in [3.8, 4) is 5.75 Å². The molecule has 1 aliphatic rings. The van der Waals surface area contributed by atoms with Crippen molar-refractivity contribution in [3.63, 3.8) is 0 Å². The maximum absolute atomic E-state index is 12.4. The third-order valence-electron chi connectivity index (χ3n) is 4.82. The molecular formula is C19H26N2O5.